The van der Waals surface area contributed by atoms with E-state index in [-0.39, 0.29) is 12.1 Å². The first kappa shape index (κ1) is 13.1. The largest absolute Gasteiger partial charge is 0.463 e. The monoisotopic (exact) mass is 238 g/mol. The van der Waals surface area contributed by atoms with Crippen LogP contribution in [0.3, 0.4) is 0 Å². The third-order valence-electron chi connectivity index (χ3n) is 2.41. The fourth-order valence-corrected chi connectivity index (χ4v) is 2.33. The van der Waals surface area contributed by atoms with E-state index in [9.17, 15) is 4.79 Å². The van der Waals surface area contributed by atoms with Crippen LogP contribution >= 0.6 is 11.8 Å². The highest BCUT2D eigenvalue weighted by molar-refractivity contribution is 7.99. The standard InChI is InChI=1S/C13H18O2S/c1-10(11(2)15-12(3)14)9-16-13-7-5-4-6-8-13/h4-8,10-11H,9H2,1-3H3/t10-,11-/m1/s1. The number of benzene rings is 1. The average Bonchev–Trinajstić information content (AvgIpc) is 2.26. The van der Waals surface area contributed by atoms with Crippen molar-refractivity contribution in [1.82, 2.24) is 0 Å². The SMILES string of the molecule is CC(=O)O[C@H](C)[C@H](C)CSc1ccccc1. The lowest BCUT2D eigenvalue weighted by atomic mass is 10.1. The predicted molar refractivity (Wildman–Crippen MR) is 67.6 cm³/mol. The normalized spacial score (nSPS) is 14.2. The zero-order valence-corrected chi connectivity index (χ0v) is 10.8. The van der Waals surface area contributed by atoms with Crippen molar-refractivity contribution in [3.05, 3.63) is 30.3 Å². The van der Waals surface area contributed by atoms with Gasteiger partial charge in [-0.1, -0.05) is 25.1 Å². The number of hydrogen-bond donors (Lipinski definition) is 0. The molecule has 0 amide bonds. The smallest absolute Gasteiger partial charge is 0.302 e. The quantitative estimate of drug-likeness (QED) is 0.581. The van der Waals surface area contributed by atoms with E-state index in [1.807, 2.05) is 25.1 Å². The Morgan fingerprint density at radius 3 is 2.50 bits per heavy atom. The Balaban J connectivity index is 2.35. The van der Waals surface area contributed by atoms with Gasteiger partial charge in [-0.25, -0.2) is 0 Å². The van der Waals surface area contributed by atoms with E-state index in [1.54, 1.807) is 11.8 Å². The van der Waals surface area contributed by atoms with Gasteiger partial charge in [-0.05, 0) is 19.1 Å². The second-order valence-electron chi connectivity index (χ2n) is 3.92. The van der Waals surface area contributed by atoms with Gasteiger partial charge in [0.15, 0.2) is 0 Å². The van der Waals surface area contributed by atoms with Crippen molar-refractivity contribution >= 4 is 17.7 Å². The molecule has 3 heteroatoms. The van der Waals surface area contributed by atoms with Crippen molar-refractivity contribution in [3.63, 3.8) is 0 Å². The van der Waals surface area contributed by atoms with Crippen LogP contribution < -0.4 is 0 Å². The minimum atomic E-state index is -0.205. The van der Waals surface area contributed by atoms with Crippen molar-refractivity contribution < 1.29 is 9.53 Å². The van der Waals surface area contributed by atoms with E-state index in [0.717, 1.165) is 5.75 Å². The first-order valence-electron chi connectivity index (χ1n) is 5.44. The third-order valence-corrected chi connectivity index (χ3v) is 3.71. The summed E-state index contributed by atoms with van der Waals surface area (Å²) in [6, 6.07) is 10.3. The number of thioether (sulfide) groups is 1. The lowest BCUT2D eigenvalue weighted by Crippen LogP contribution is -2.22. The molecular formula is C13H18O2S. The summed E-state index contributed by atoms with van der Waals surface area (Å²) >= 11 is 1.79. The summed E-state index contributed by atoms with van der Waals surface area (Å²) in [6.07, 6.45) is -0.0197. The van der Waals surface area contributed by atoms with Gasteiger partial charge in [0.2, 0.25) is 0 Å². The number of carbonyl (C=O) groups is 1. The van der Waals surface area contributed by atoms with E-state index >= 15 is 0 Å². The summed E-state index contributed by atoms with van der Waals surface area (Å²) in [5, 5.41) is 0. The fraction of sp³-hybridized carbons (Fsp3) is 0.462. The van der Waals surface area contributed by atoms with Crippen molar-refractivity contribution in [2.45, 2.75) is 31.8 Å². The second-order valence-corrected chi connectivity index (χ2v) is 5.01. The molecule has 0 radical (unpaired) electrons. The molecule has 1 aromatic rings. The van der Waals surface area contributed by atoms with Crippen LogP contribution in [0.1, 0.15) is 20.8 Å². The Hall–Kier alpha value is -0.960. The van der Waals surface area contributed by atoms with Crippen LogP contribution in [0.25, 0.3) is 0 Å². The maximum absolute atomic E-state index is 10.8. The van der Waals surface area contributed by atoms with E-state index < -0.39 is 0 Å². The van der Waals surface area contributed by atoms with Crippen LogP contribution in [0.5, 0.6) is 0 Å². The molecule has 0 N–H and O–H groups in total. The number of hydrogen-bond acceptors (Lipinski definition) is 3. The van der Waals surface area contributed by atoms with E-state index in [4.69, 9.17) is 4.74 Å². The van der Waals surface area contributed by atoms with E-state index in [1.165, 1.54) is 11.8 Å². The molecule has 88 valence electrons. The second kappa shape index (κ2) is 6.59. The van der Waals surface area contributed by atoms with Crippen LogP contribution in [-0.2, 0) is 9.53 Å². The maximum atomic E-state index is 10.8. The molecule has 0 spiro atoms. The summed E-state index contributed by atoms with van der Waals surface area (Å²) < 4.78 is 5.15. The van der Waals surface area contributed by atoms with E-state index in [2.05, 4.69) is 19.1 Å². The molecule has 1 aromatic carbocycles. The maximum Gasteiger partial charge on any atom is 0.302 e. The molecule has 0 bridgehead atoms. The molecule has 0 aliphatic carbocycles. The molecule has 0 heterocycles. The highest BCUT2D eigenvalue weighted by atomic mass is 32.2. The molecule has 0 aliphatic rings. The molecule has 0 aliphatic heterocycles. The molecule has 0 aromatic heterocycles. The Morgan fingerprint density at radius 1 is 1.31 bits per heavy atom. The van der Waals surface area contributed by atoms with Crippen molar-refractivity contribution in [3.8, 4) is 0 Å². The van der Waals surface area contributed by atoms with Crippen LogP contribution in [0, 0.1) is 5.92 Å². The zero-order valence-electron chi connectivity index (χ0n) is 9.97. The van der Waals surface area contributed by atoms with Gasteiger partial charge in [0.25, 0.3) is 0 Å². The van der Waals surface area contributed by atoms with Crippen LogP contribution in [-0.4, -0.2) is 17.8 Å². The molecule has 16 heavy (non-hydrogen) atoms. The minimum absolute atomic E-state index is 0.0197. The molecule has 2 nitrogen and oxygen atoms in total. The topological polar surface area (TPSA) is 26.3 Å². The Morgan fingerprint density at radius 2 is 1.94 bits per heavy atom. The van der Waals surface area contributed by atoms with Gasteiger partial charge in [0.1, 0.15) is 6.10 Å². The highest BCUT2D eigenvalue weighted by Crippen LogP contribution is 2.22. The summed E-state index contributed by atoms with van der Waals surface area (Å²) in [7, 11) is 0. The average molecular weight is 238 g/mol. The van der Waals surface area contributed by atoms with Gasteiger partial charge >= 0.3 is 5.97 Å². The minimum Gasteiger partial charge on any atom is -0.463 e. The molecular weight excluding hydrogens is 220 g/mol. The first-order chi connectivity index (χ1) is 7.59. The Bertz CT molecular complexity index is 324. The van der Waals surface area contributed by atoms with Crippen LogP contribution in [0.4, 0.5) is 0 Å². The number of esters is 1. The van der Waals surface area contributed by atoms with Gasteiger partial charge in [0, 0.05) is 23.5 Å². The van der Waals surface area contributed by atoms with Gasteiger partial charge in [0.05, 0.1) is 0 Å². The van der Waals surface area contributed by atoms with Crippen molar-refractivity contribution in [2.24, 2.45) is 5.92 Å². The fourth-order valence-electron chi connectivity index (χ4n) is 1.26. The Labute approximate surface area is 101 Å². The number of rotatable bonds is 5. The summed E-state index contributed by atoms with van der Waals surface area (Å²) in [5.41, 5.74) is 0. The molecule has 0 fully saturated rings. The number of ether oxygens (including phenoxy) is 1. The van der Waals surface area contributed by atoms with Crippen molar-refractivity contribution in [1.29, 1.82) is 0 Å². The number of carbonyl (C=O) groups excluding carboxylic acids is 1. The lowest BCUT2D eigenvalue weighted by Gasteiger charge is -2.19. The zero-order chi connectivity index (χ0) is 12.0. The first-order valence-corrected chi connectivity index (χ1v) is 6.43. The summed E-state index contributed by atoms with van der Waals surface area (Å²) in [6.45, 7) is 5.49. The van der Waals surface area contributed by atoms with Gasteiger partial charge in [-0.15, -0.1) is 11.8 Å². The van der Waals surface area contributed by atoms with Crippen LogP contribution in [0.15, 0.2) is 35.2 Å². The van der Waals surface area contributed by atoms with E-state index in [0.29, 0.717) is 5.92 Å². The molecule has 0 saturated carbocycles. The van der Waals surface area contributed by atoms with Gasteiger partial charge in [-0.3, -0.25) is 4.79 Å². The lowest BCUT2D eigenvalue weighted by molar-refractivity contribution is -0.147. The molecule has 2 atom stereocenters. The Kier molecular flexibility index (Phi) is 5.39. The third kappa shape index (κ3) is 4.71. The highest BCUT2D eigenvalue weighted by Gasteiger charge is 2.14. The molecule has 0 unspecified atom stereocenters. The molecule has 0 saturated heterocycles. The van der Waals surface area contributed by atoms with Crippen molar-refractivity contribution in [2.75, 3.05) is 5.75 Å². The van der Waals surface area contributed by atoms with Gasteiger partial charge in [-0.2, -0.15) is 0 Å². The predicted octanol–water partition coefficient (Wildman–Crippen LogP) is 3.37. The van der Waals surface area contributed by atoms with Gasteiger partial charge < -0.3 is 4.74 Å². The summed E-state index contributed by atoms with van der Waals surface area (Å²) in [4.78, 5) is 12.1. The van der Waals surface area contributed by atoms with Crippen LogP contribution in [0.2, 0.25) is 0 Å². The molecule has 1 rings (SSSR count). The summed E-state index contributed by atoms with van der Waals surface area (Å²) in [5.74, 6) is 1.11.